The monoisotopic (exact) mass is 286 g/mol. The van der Waals surface area contributed by atoms with Crippen LogP contribution in [0.25, 0.3) is 0 Å². The van der Waals surface area contributed by atoms with Gasteiger partial charge in [-0.25, -0.2) is 0 Å². The zero-order chi connectivity index (χ0) is 14.9. The maximum atomic E-state index is 3.56. The van der Waals surface area contributed by atoms with Crippen molar-refractivity contribution in [3.63, 3.8) is 0 Å². The van der Waals surface area contributed by atoms with Crippen LogP contribution >= 0.6 is 0 Å². The number of hydrogen-bond acceptors (Lipinski definition) is 2. The summed E-state index contributed by atoms with van der Waals surface area (Å²) in [4.78, 5) is 2.67. The van der Waals surface area contributed by atoms with Crippen LogP contribution in [0, 0.1) is 5.92 Å². The Bertz CT molecular complexity index is 457. The van der Waals surface area contributed by atoms with E-state index in [2.05, 4.69) is 55.3 Å². The first kappa shape index (κ1) is 14.9. The van der Waals surface area contributed by atoms with Crippen molar-refractivity contribution in [3.8, 4) is 0 Å². The Labute approximate surface area is 129 Å². The van der Waals surface area contributed by atoms with Gasteiger partial charge in [0, 0.05) is 30.4 Å². The summed E-state index contributed by atoms with van der Waals surface area (Å²) in [6.45, 7) is 8.86. The van der Waals surface area contributed by atoms with Crippen LogP contribution in [0.1, 0.15) is 58.4 Å². The molecule has 1 aliphatic carbocycles. The van der Waals surface area contributed by atoms with Crippen LogP contribution in [0.5, 0.6) is 0 Å². The van der Waals surface area contributed by atoms with E-state index < -0.39 is 0 Å². The van der Waals surface area contributed by atoms with E-state index >= 15 is 0 Å². The van der Waals surface area contributed by atoms with Gasteiger partial charge in [-0.15, -0.1) is 0 Å². The lowest BCUT2D eigenvalue weighted by Crippen LogP contribution is -2.35. The number of nitrogens with one attached hydrogen (secondary N) is 1. The van der Waals surface area contributed by atoms with Gasteiger partial charge in [0.25, 0.3) is 0 Å². The Morgan fingerprint density at radius 1 is 1.05 bits per heavy atom. The SMILES string of the molecule is CC(C)(C)NCc1ccc(N2CCC3CCCCC32)cc1. The Hall–Kier alpha value is -1.02. The second kappa shape index (κ2) is 6.00. The lowest BCUT2D eigenvalue weighted by atomic mass is 9.85. The molecule has 1 aliphatic heterocycles. The van der Waals surface area contributed by atoms with Crippen molar-refractivity contribution in [2.24, 2.45) is 5.92 Å². The maximum absolute atomic E-state index is 3.56. The fraction of sp³-hybridized carbons (Fsp3) is 0.684. The van der Waals surface area contributed by atoms with Crippen LogP contribution in [0.4, 0.5) is 5.69 Å². The van der Waals surface area contributed by atoms with E-state index in [1.165, 1.54) is 49.9 Å². The first-order valence-corrected chi connectivity index (χ1v) is 8.63. The van der Waals surface area contributed by atoms with Crippen molar-refractivity contribution >= 4 is 5.69 Å². The number of nitrogens with zero attached hydrogens (tertiary/aromatic N) is 1. The molecule has 1 N–H and O–H groups in total. The molecular formula is C19H30N2. The van der Waals surface area contributed by atoms with E-state index in [1.807, 2.05) is 0 Å². The second-order valence-corrected chi connectivity index (χ2v) is 7.86. The molecule has 1 aromatic rings. The van der Waals surface area contributed by atoms with Gasteiger partial charge in [0.15, 0.2) is 0 Å². The molecule has 2 fully saturated rings. The van der Waals surface area contributed by atoms with Gasteiger partial charge < -0.3 is 10.2 Å². The van der Waals surface area contributed by atoms with Crippen LogP contribution in [0.3, 0.4) is 0 Å². The highest BCUT2D eigenvalue weighted by Gasteiger charge is 2.35. The molecule has 1 saturated heterocycles. The Kier molecular flexibility index (Phi) is 4.26. The molecule has 1 saturated carbocycles. The highest BCUT2D eigenvalue weighted by Crippen LogP contribution is 2.38. The summed E-state index contributed by atoms with van der Waals surface area (Å²) in [6, 6.07) is 10.1. The number of hydrogen-bond donors (Lipinski definition) is 1. The van der Waals surface area contributed by atoms with Gasteiger partial charge in [-0.1, -0.05) is 25.0 Å². The van der Waals surface area contributed by atoms with Gasteiger partial charge in [-0.05, 0) is 63.6 Å². The predicted octanol–water partition coefficient (Wildman–Crippen LogP) is 4.34. The smallest absolute Gasteiger partial charge is 0.0369 e. The van der Waals surface area contributed by atoms with Crippen molar-refractivity contribution in [1.29, 1.82) is 0 Å². The summed E-state index contributed by atoms with van der Waals surface area (Å²) in [5.41, 5.74) is 3.00. The van der Waals surface area contributed by atoms with Gasteiger partial charge in [0.2, 0.25) is 0 Å². The summed E-state index contributed by atoms with van der Waals surface area (Å²) >= 11 is 0. The Balaban J connectivity index is 1.64. The Morgan fingerprint density at radius 3 is 2.48 bits per heavy atom. The Morgan fingerprint density at radius 2 is 1.76 bits per heavy atom. The van der Waals surface area contributed by atoms with Crippen LogP contribution in [0.15, 0.2) is 24.3 Å². The first-order chi connectivity index (χ1) is 10.0. The third kappa shape index (κ3) is 3.60. The molecular weight excluding hydrogens is 256 g/mol. The summed E-state index contributed by atoms with van der Waals surface area (Å²) < 4.78 is 0. The van der Waals surface area contributed by atoms with E-state index in [-0.39, 0.29) is 5.54 Å². The summed E-state index contributed by atoms with van der Waals surface area (Å²) in [5.74, 6) is 0.959. The molecule has 2 heteroatoms. The largest absolute Gasteiger partial charge is 0.368 e. The van der Waals surface area contributed by atoms with Gasteiger partial charge in [-0.2, -0.15) is 0 Å². The van der Waals surface area contributed by atoms with E-state index in [0.717, 1.165) is 18.5 Å². The molecule has 0 aromatic heterocycles. The number of benzene rings is 1. The van der Waals surface area contributed by atoms with E-state index in [0.29, 0.717) is 0 Å². The summed E-state index contributed by atoms with van der Waals surface area (Å²) in [5, 5.41) is 3.56. The van der Waals surface area contributed by atoms with E-state index in [1.54, 1.807) is 0 Å². The van der Waals surface area contributed by atoms with Crippen LogP contribution in [-0.2, 0) is 6.54 Å². The molecule has 21 heavy (non-hydrogen) atoms. The van der Waals surface area contributed by atoms with Crippen molar-refractivity contribution in [3.05, 3.63) is 29.8 Å². The fourth-order valence-electron chi connectivity index (χ4n) is 3.90. The highest BCUT2D eigenvalue weighted by atomic mass is 15.2. The average molecular weight is 286 g/mol. The molecule has 2 unspecified atom stereocenters. The fourth-order valence-corrected chi connectivity index (χ4v) is 3.90. The molecule has 0 radical (unpaired) electrons. The van der Waals surface area contributed by atoms with Crippen molar-refractivity contribution in [1.82, 2.24) is 5.32 Å². The van der Waals surface area contributed by atoms with Crippen LogP contribution in [-0.4, -0.2) is 18.1 Å². The number of rotatable bonds is 3. The molecule has 1 heterocycles. The average Bonchev–Trinajstić information content (AvgIpc) is 2.89. The van der Waals surface area contributed by atoms with Gasteiger partial charge in [0.05, 0.1) is 0 Å². The topological polar surface area (TPSA) is 15.3 Å². The van der Waals surface area contributed by atoms with Gasteiger partial charge in [-0.3, -0.25) is 0 Å². The summed E-state index contributed by atoms with van der Waals surface area (Å²) in [7, 11) is 0. The third-order valence-corrected chi connectivity index (χ3v) is 5.10. The van der Waals surface area contributed by atoms with E-state index in [4.69, 9.17) is 0 Å². The quantitative estimate of drug-likeness (QED) is 0.889. The van der Waals surface area contributed by atoms with Gasteiger partial charge >= 0.3 is 0 Å². The molecule has 0 bridgehead atoms. The summed E-state index contributed by atoms with van der Waals surface area (Å²) in [6.07, 6.45) is 7.13. The van der Waals surface area contributed by atoms with E-state index in [9.17, 15) is 0 Å². The minimum Gasteiger partial charge on any atom is -0.368 e. The molecule has 2 nitrogen and oxygen atoms in total. The zero-order valence-corrected chi connectivity index (χ0v) is 13.9. The lowest BCUT2D eigenvalue weighted by Gasteiger charge is -2.33. The molecule has 1 aromatic carbocycles. The predicted molar refractivity (Wildman–Crippen MR) is 90.7 cm³/mol. The van der Waals surface area contributed by atoms with Gasteiger partial charge in [0.1, 0.15) is 0 Å². The zero-order valence-electron chi connectivity index (χ0n) is 13.9. The van der Waals surface area contributed by atoms with Crippen molar-refractivity contribution < 1.29 is 0 Å². The standard InChI is InChI=1S/C19H30N2/c1-19(2,3)20-14-15-8-10-17(11-9-15)21-13-12-16-6-4-5-7-18(16)21/h8-11,16,18,20H,4-7,12-14H2,1-3H3. The number of fused-ring (bicyclic) bond motifs is 1. The molecule has 0 amide bonds. The first-order valence-electron chi connectivity index (χ1n) is 8.63. The van der Waals surface area contributed by atoms with Crippen LogP contribution < -0.4 is 10.2 Å². The second-order valence-electron chi connectivity index (χ2n) is 7.86. The lowest BCUT2D eigenvalue weighted by molar-refractivity contribution is 0.342. The normalized spacial score (nSPS) is 26.0. The van der Waals surface area contributed by atoms with Crippen molar-refractivity contribution in [2.75, 3.05) is 11.4 Å². The highest BCUT2D eigenvalue weighted by molar-refractivity contribution is 5.50. The van der Waals surface area contributed by atoms with Crippen molar-refractivity contribution in [2.45, 2.75) is 71.0 Å². The molecule has 2 aliphatic rings. The molecule has 0 spiro atoms. The molecule has 2 atom stereocenters. The molecule has 3 rings (SSSR count). The maximum Gasteiger partial charge on any atom is 0.0369 e. The minimum atomic E-state index is 0.183. The molecule has 116 valence electrons. The number of anilines is 1. The third-order valence-electron chi connectivity index (χ3n) is 5.10. The minimum absolute atomic E-state index is 0.183. The van der Waals surface area contributed by atoms with Crippen LogP contribution in [0.2, 0.25) is 0 Å².